The van der Waals surface area contributed by atoms with Gasteiger partial charge in [0.25, 0.3) is 5.91 Å². The molecule has 7 nitrogen and oxygen atoms in total. The first-order valence-electron chi connectivity index (χ1n) is 10.5. The molecule has 0 N–H and O–H groups in total. The second kappa shape index (κ2) is 9.82. The van der Waals surface area contributed by atoms with Crippen LogP contribution in [0.4, 0.5) is 10.8 Å². The van der Waals surface area contributed by atoms with Crippen LogP contribution in [0.15, 0.2) is 40.7 Å². The van der Waals surface area contributed by atoms with Crippen molar-refractivity contribution in [3.63, 3.8) is 0 Å². The lowest BCUT2D eigenvalue weighted by Crippen LogP contribution is -2.48. The van der Waals surface area contributed by atoms with Crippen molar-refractivity contribution in [2.45, 2.75) is 56.1 Å². The minimum absolute atomic E-state index is 0.0705. The number of aromatic nitrogens is 1. The van der Waals surface area contributed by atoms with Gasteiger partial charge in [0.05, 0.1) is 11.4 Å². The zero-order valence-corrected chi connectivity index (χ0v) is 19.0. The van der Waals surface area contributed by atoms with Crippen molar-refractivity contribution < 1.29 is 19.1 Å². The number of rotatable bonds is 6. The smallest absolute Gasteiger partial charge is 0.326 e. The number of fused-ring (bicyclic) bond motifs is 1. The van der Waals surface area contributed by atoms with Gasteiger partial charge in [-0.25, -0.2) is 4.98 Å². The van der Waals surface area contributed by atoms with Crippen molar-refractivity contribution in [1.82, 2.24) is 4.98 Å². The molecular weight excluding hydrogens is 434 g/mol. The monoisotopic (exact) mass is 459 g/mol. The maximum atomic E-state index is 13.3. The predicted octanol–water partition coefficient (Wildman–Crippen LogP) is 3.88. The molecule has 1 fully saturated rings. The standard InChI is InChI=1S/C22H25N3O4S2/c1-15(21(28)25(22-23-11-12-30-22)16-7-3-2-4-8-16)29-20(27)13-24-17-9-5-6-10-18(17)31-14-19(24)26/h5-6,9-12,15-16H,2-4,7-8,13-14H2,1H3. The number of thiazole rings is 1. The largest absolute Gasteiger partial charge is 0.451 e. The first-order valence-corrected chi connectivity index (χ1v) is 12.4. The van der Waals surface area contributed by atoms with Crippen LogP contribution in [-0.2, 0) is 19.1 Å². The molecule has 0 saturated heterocycles. The number of para-hydroxylation sites is 1. The van der Waals surface area contributed by atoms with E-state index in [-0.39, 0.29) is 30.2 Å². The molecule has 0 bridgehead atoms. The molecule has 1 atom stereocenters. The van der Waals surface area contributed by atoms with Crippen molar-refractivity contribution in [3.05, 3.63) is 35.8 Å². The molecule has 1 aromatic carbocycles. The molecule has 1 aliphatic heterocycles. The summed E-state index contributed by atoms with van der Waals surface area (Å²) < 4.78 is 5.49. The third-order valence-corrected chi connectivity index (χ3v) is 7.37. The molecular formula is C22H25N3O4S2. The molecule has 0 spiro atoms. The summed E-state index contributed by atoms with van der Waals surface area (Å²) in [5.41, 5.74) is 0.700. The van der Waals surface area contributed by atoms with Crippen molar-refractivity contribution in [2.75, 3.05) is 22.1 Å². The Morgan fingerprint density at radius 3 is 2.77 bits per heavy atom. The van der Waals surface area contributed by atoms with Crippen LogP contribution in [0.5, 0.6) is 0 Å². The summed E-state index contributed by atoms with van der Waals surface area (Å²) in [4.78, 5) is 46.7. The van der Waals surface area contributed by atoms with Crippen molar-refractivity contribution in [3.8, 4) is 0 Å². The molecule has 1 aromatic heterocycles. The average molecular weight is 460 g/mol. The summed E-state index contributed by atoms with van der Waals surface area (Å²) in [7, 11) is 0. The number of hydrogen-bond acceptors (Lipinski definition) is 7. The summed E-state index contributed by atoms with van der Waals surface area (Å²) in [6.45, 7) is 1.38. The Labute approximate surface area is 189 Å². The van der Waals surface area contributed by atoms with Gasteiger partial charge < -0.3 is 4.74 Å². The fourth-order valence-corrected chi connectivity index (χ4v) is 5.70. The van der Waals surface area contributed by atoms with E-state index in [0.717, 1.165) is 30.6 Å². The highest BCUT2D eigenvalue weighted by Gasteiger charge is 2.34. The van der Waals surface area contributed by atoms with E-state index in [4.69, 9.17) is 4.74 Å². The number of anilines is 2. The molecule has 2 heterocycles. The summed E-state index contributed by atoms with van der Waals surface area (Å²) in [6.07, 6.45) is 5.88. The Balaban J connectivity index is 1.44. The third-order valence-electron chi connectivity index (χ3n) is 5.55. The molecule has 4 rings (SSSR count). The zero-order valence-electron chi connectivity index (χ0n) is 17.4. The summed E-state index contributed by atoms with van der Waals surface area (Å²) >= 11 is 2.86. The fraction of sp³-hybridized carbons (Fsp3) is 0.455. The molecule has 2 amide bonds. The fourth-order valence-electron chi connectivity index (χ4n) is 4.04. The van der Waals surface area contributed by atoms with Crippen LogP contribution in [-0.4, -0.2) is 47.2 Å². The minimum atomic E-state index is -0.956. The molecule has 1 unspecified atom stereocenters. The zero-order chi connectivity index (χ0) is 21.8. The van der Waals surface area contributed by atoms with Crippen LogP contribution in [0, 0.1) is 0 Å². The number of benzene rings is 1. The summed E-state index contributed by atoms with van der Waals surface area (Å²) in [5.74, 6) is -0.737. The maximum Gasteiger partial charge on any atom is 0.326 e. The van der Waals surface area contributed by atoms with E-state index in [0.29, 0.717) is 10.8 Å². The van der Waals surface area contributed by atoms with Crippen LogP contribution in [0.3, 0.4) is 0 Å². The number of ether oxygens (including phenoxy) is 1. The number of thioether (sulfide) groups is 1. The van der Waals surface area contributed by atoms with Gasteiger partial charge in [0.2, 0.25) is 5.91 Å². The highest BCUT2D eigenvalue weighted by Crippen LogP contribution is 2.35. The van der Waals surface area contributed by atoms with Crippen molar-refractivity contribution >= 4 is 51.7 Å². The van der Waals surface area contributed by atoms with Gasteiger partial charge >= 0.3 is 5.97 Å². The maximum absolute atomic E-state index is 13.3. The van der Waals surface area contributed by atoms with Crippen molar-refractivity contribution in [1.29, 1.82) is 0 Å². The van der Waals surface area contributed by atoms with Gasteiger partial charge in [0, 0.05) is 22.5 Å². The van der Waals surface area contributed by atoms with Crippen LogP contribution in [0.25, 0.3) is 0 Å². The molecule has 9 heteroatoms. The Morgan fingerprint density at radius 2 is 2.03 bits per heavy atom. The van der Waals surface area contributed by atoms with Crippen LogP contribution in [0.2, 0.25) is 0 Å². The topological polar surface area (TPSA) is 79.8 Å². The van der Waals surface area contributed by atoms with Crippen molar-refractivity contribution in [2.24, 2.45) is 0 Å². The SMILES string of the molecule is CC(OC(=O)CN1C(=O)CSc2ccccc21)C(=O)N(c1nccs1)C1CCCCC1. The highest BCUT2D eigenvalue weighted by atomic mass is 32.2. The van der Waals surface area contributed by atoms with Gasteiger partial charge in [-0.1, -0.05) is 31.4 Å². The molecule has 1 saturated carbocycles. The van der Waals surface area contributed by atoms with Crippen LogP contribution >= 0.6 is 23.1 Å². The van der Waals surface area contributed by atoms with E-state index in [1.165, 1.54) is 34.4 Å². The quantitative estimate of drug-likeness (QED) is 0.610. The van der Waals surface area contributed by atoms with Gasteiger partial charge in [-0.3, -0.25) is 24.2 Å². The molecule has 2 aromatic rings. The van der Waals surface area contributed by atoms with Gasteiger partial charge in [0.1, 0.15) is 6.54 Å². The van der Waals surface area contributed by atoms with E-state index < -0.39 is 12.1 Å². The lowest BCUT2D eigenvalue weighted by Gasteiger charge is -2.34. The van der Waals surface area contributed by atoms with E-state index >= 15 is 0 Å². The Bertz CT molecular complexity index is 944. The summed E-state index contributed by atoms with van der Waals surface area (Å²) in [6, 6.07) is 7.54. The number of amides is 2. The average Bonchev–Trinajstić information content (AvgIpc) is 3.31. The van der Waals surface area contributed by atoms with Gasteiger partial charge in [-0.05, 0) is 31.9 Å². The minimum Gasteiger partial charge on any atom is -0.451 e. The van der Waals surface area contributed by atoms with Gasteiger partial charge in [0.15, 0.2) is 11.2 Å². The third kappa shape index (κ3) is 4.93. The highest BCUT2D eigenvalue weighted by molar-refractivity contribution is 8.00. The molecule has 2 aliphatic rings. The molecule has 164 valence electrons. The van der Waals surface area contributed by atoms with Crippen LogP contribution < -0.4 is 9.80 Å². The lowest BCUT2D eigenvalue weighted by molar-refractivity contribution is -0.153. The Hall–Kier alpha value is -2.39. The number of nitrogens with zero attached hydrogens (tertiary/aromatic N) is 3. The second-order valence-electron chi connectivity index (χ2n) is 7.68. The predicted molar refractivity (Wildman–Crippen MR) is 122 cm³/mol. The van der Waals surface area contributed by atoms with Gasteiger partial charge in [-0.15, -0.1) is 23.1 Å². The molecule has 31 heavy (non-hydrogen) atoms. The molecule has 1 aliphatic carbocycles. The first kappa shape index (κ1) is 21.8. The van der Waals surface area contributed by atoms with Gasteiger partial charge in [-0.2, -0.15) is 0 Å². The van der Waals surface area contributed by atoms with E-state index in [9.17, 15) is 14.4 Å². The Kier molecular flexibility index (Phi) is 6.92. The van der Waals surface area contributed by atoms with E-state index in [2.05, 4.69) is 4.98 Å². The normalized spacial score (nSPS) is 17.7. The second-order valence-corrected chi connectivity index (χ2v) is 9.57. The number of esters is 1. The van der Waals surface area contributed by atoms with E-state index in [1.54, 1.807) is 18.0 Å². The first-order chi connectivity index (χ1) is 15.0. The number of carbonyl (C=O) groups is 3. The number of hydrogen-bond donors (Lipinski definition) is 0. The van der Waals surface area contributed by atoms with E-state index in [1.807, 2.05) is 29.6 Å². The lowest BCUT2D eigenvalue weighted by atomic mass is 9.94. The summed E-state index contributed by atoms with van der Waals surface area (Å²) in [5, 5.41) is 2.48. The number of carbonyl (C=O) groups excluding carboxylic acids is 3. The Morgan fingerprint density at radius 1 is 1.26 bits per heavy atom. The molecule has 0 radical (unpaired) electrons. The van der Waals surface area contributed by atoms with Crippen LogP contribution in [0.1, 0.15) is 39.0 Å².